The summed E-state index contributed by atoms with van der Waals surface area (Å²) in [5.41, 5.74) is 0. The van der Waals surface area contributed by atoms with Gasteiger partial charge >= 0.3 is 6.18 Å². The molecule has 3 fully saturated rings. The van der Waals surface area contributed by atoms with Gasteiger partial charge in [0.1, 0.15) is 0 Å². The molecule has 0 N–H and O–H groups in total. The van der Waals surface area contributed by atoms with Crippen LogP contribution in [0.5, 0.6) is 0 Å². The van der Waals surface area contributed by atoms with Crippen LogP contribution < -0.4 is 0 Å². The third kappa shape index (κ3) is 3.99. The summed E-state index contributed by atoms with van der Waals surface area (Å²) in [7, 11) is 0. The molecule has 4 atom stereocenters. The van der Waals surface area contributed by atoms with Crippen molar-refractivity contribution in [2.24, 2.45) is 11.8 Å². The monoisotopic (exact) mass is 334 g/mol. The summed E-state index contributed by atoms with van der Waals surface area (Å²) in [4.78, 5) is 15.9. The van der Waals surface area contributed by atoms with Crippen molar-refractivity contribution < 1.29 is 22.7 Å². The quantitative estimate of drug-likeness (QED) is 0.773. The van der Waals surface area contributed by atoms with E-state index in [1.54, 1.807) is 6.92 Å². The van der Waals surface area contributed by atoms with Gasteiger partial charge in [-0.25, -0.2) is 0 Å². The normalized spacial score (nSPS) is 33.9. The molecule has 0 saturated carbocycles. The predicted molar refractivity (Wildman–Crippen MR) is 78.9 cm³/mol. The Balaban J connectivity index is 1.49. The molecule has 0 unspecified atom stereocenters. The molecule has 3 aliphatic rings. The first-order valence-electron chi connectivity index (χ1n) is 8.59. The van der Waals surface area contributed by atoms with Crippen LogP contribution in [-0.4, -0.2) is 66.8 Å². The number of likely N-dealkylation sites (tertiary alicyclic amines) is 1. The number of alkyl halides is 3. The molecule has 0 spiro atoms. The lowest BCUT2D eigenvalue weighted by atomic mass is 9.88. The number of nitrogens with zero attached hydrogens (tertiary/aromatic N) is 2. The molecule has 3 saturated heterocycles. The van der Waals surface area contributed by atoms with Gasteiger partial charge in [-0.2, -0.15) is 13.2 Å². The van der Waals surface area contributed by atoms with Crippen LogP contribution in [0.3, 0.4) is 0 Å². The summed E-state index contributed by atoms with van der Waals surface area (Å²) in [6, 6.07) is 0. The molecule has 0 aromatic carbocycles. The van der Waals surface area contributed by atoms with Gasteiger partial charge in [0, 0.05) is 19.6 Å². The number of ether oxygens (including phenoxy) is 1. The molecule has 4 nitrogen and oxygen atoms in total. The summed E-state index contributed by atoms with van der Waals surface area (Å²) in [5.74, 6) is 0.268. The third-order valence-corrected chi connectivity index (χ3v) is 5.39. The number of amides is 1. The highest BCUT2D eigenvalue weighted by molar-refractivity contribution is 5.80. The number of hydrogen-bond acceptors (Lipinski definition) is 3. The second-order valence-corrected chi connectivity index (χ2v) is 7.10. The molecule has 7 heteroatoms. The van der Waals surface area contributed by atoms with Crippen LogP contribution in [0.1, 0.15) is 32.6 Å². The predicted octanol–water partition coefficient (Wildman–Crippen LogP) is 2.29. The molecule has 0 radical (unpaired) electrons. The molecule has 3 rings (SSSR count). The summed E-state index contributed by atoms with van der Waals surface area (Å²) in [6.45, 7) is 2.92. The van der Waals surface area contributed by atoms with Gasteiger partial charge in [0.15, 0.2) is 0 Å². The van der Waals surface area contributed by atoms with E-state index in [0.29, 0.717) is 26.2 Å². The van der Waals surface area contributed by atoms with Gasteiger partial charge in [-0.3, -0.25) is 9.69 Å². The van der Waals surface area contributed by atoms with Crippen molar-refractivity contribution >= 4 is 5.91 Å². The summed E-state index contributed by atoms with van der Waals surface area (Å²) >= 11 is 0. The summed E-state index contributed by atoms with van der Waals surface area (Å²) in [6.07, 6.45) is -0.210. The van der Waals surface area contributed by atoms with Crippen molar-refractivity contribution in [1.82, 2.24) is 9.80 Å². The van der Waals surface area contributed by atoms with Gasteiger partial charge in [-0.05, 0) is 38.1 Å². The average Bonchev–Trinajstić information content (AvgIpc) is 3.20. The first-order valence-corrected chi connectivity index (χ1v) is 8.59. The zero-order valence-corrected chi connectivity index (χ0v) is 13.5. The van der Waals surface area contributed by atoms with Crippen molar-refractivity contribution in [3.8, 4) is 0 Å². The van der Waals surface area contributed by atoms with Crippen LogP contribution in [0.25, 0.3) is 0 Å². The molecule has 0 aromatic rings. The zero-order valence-electron chi connectivity index (χ0n) is 13.5. The lowest BCUT2D eigenvalue weighted by Gasteiger charge is -2.26. The Hall–Kier alpha value is -0.820. The highest BCUT2D eigenvalue weighted by Crippen LogP contribution is 2.40. The number of fused-ring (bicyclic) bond motifs is 2. The van der Waals surface area contributed by atoms with E-state index in [4.69, 9.17) is 4.74 Å². The highest BCUT2D eigenvalue weighted by Gasteiger charge is 2.46. The van der Waals surface area contributed by atoms with E-state index in [1.807, 2.05) is 4.90 Å². The van der Waals surface area contributed by atoms with Crippen LogP contribution in [0, 0.1) is 11.8 Å². The fraction of sp³-hybridized carbons (Fsp3) is 0.938. The second kappa shape index (κ2) is 6.59. The van der Waals surface area contributed by atoms with Crippen LogP contribution in [0.15, 0.2) is 0 Å². The van der Waals surface area contributed by atoms with E-state index in [1.165, 1.54) is 4.90 Å². The standard InChI is InChI=1S/C16H25F3N2O2/c1-2-20(10-16(17,18)19)8-11-5-6-21(9-11)15(22)13-7-12-3-4-14(13)23-12/h11-14H,2-10H2,1H3/t11-,12-,13-,14-/m1/s1. The van der Waals surface area contributed by atoms with Gasteiger partial charge in [0.05, 0.1) is 24.7 Å². The highest BCUT2D eigenvalue weighted by atomic mass is 19.4. The Morgan fingerprint density at radius 1 is 1.30 bits per heavy atom. The van der Waals surface area contributed by atoms with Crippen LogP contribution >= 0.6 is 0 Å². The smallest absolute Gasteiger partial charge is 0.374 e. The van der Waals surface area contributed by atoms with E-state index in [9.17, 15) is 18.0 Å². The Bertz CT molecular complexity index is 444. The number of carbonyl (C=O) groups is 1. The van der Waals surface area contributed by atoms with E-state index in [0.717, 1.165) is 25.7 Å². The molecular weight excluding hydrogens is 309 g/mol. The van der Waals surface area contributed by atoms with E-state index >= 15 is 0 Å². The third-order valence-electron chi connectivity index (χ3n) is 5.39. The van der Waals surface area contributed by atoms with Gasteiger partial charge < -0.3 is 9.64 Å². The maximum absolute atomic E-state index is 12.6. The Morgan fingerprint density at radius 3 is 2.65 bits per heavy atom. The van der Waals surface area contributed by atoms with Crippen molar-refractivity contribution in [1.29, 1.82) is 0 Å². The van der Waals surface area contributed by atoms with Crippen LogP contribution in [0.4, 0.5) is 13.2 Å². The molecule has 2 bridgehead atoms. The maximum Gasteiger partial charge on any atom is 0.401 e. The lowest BCUT2D eigenvalue weighted by Crippen LogP contribution is -2.40. The van der Waals surface area contributed by atoms with Crippen molar-refractivity contribution in [3.05, 3.63) is 0 Å². The topological polar surface area (TPSA) is 32.8 Å². The second-order valence-electron chi connectivity index (χ2n) is 7.10. The minimum Gasteiger partial charge on any atom is -0.374 e. The number of rotatable bonds is 5. The molecule has 1 amide bonds. The fourth-order valence-corrected chi connectivity index (χ4v) is 4.24. The van der Waals surface area contributed by atoms with E-state index in [-0.39, 0.29) is 30.0 Å². The summed E-state index contributed by atoms with van der Waals surface area (Å²) in [5, 5.41) is 0. The maximum atomic E-state index is 12.6. The molecule has 0 aromatic heterocycles. The van der Waals surface area contributed by atoms with Crippen molar-refractivity contribution in [2.45, 2.75) is 51.0 Å². The number of hydrogen-bond donors (Lipinski definition) is 0. The van der Waals surface area contributed by atoms with Gasteiger partial charge in [0.2, 0.25) is 5.91 Å². The fourth-order valence-electron chi connectivity index (χ4n) is 4.24. The first kappa shape index (κ1) is 17.0. The molecule has 3 aliphatic heterocycles. The van der Waals surface area contributed by atoms with E-state index in [2.05, 4.69) is 0 Å². The van der Waals surface area contributed by atoms with Crippen molar-refractivity contribution in [3.63, 3.8) is 0 Å². The van der Waals surface area contributed by atoms with Crippen LogP contribution in [0.2, 0.25) is 0 Å². The van der Waals surface area contributed by atoms with Crippen LogP contribution in [-0.2, 0) is 9.53 Å². The molecular formula is C16H25F3N2O2. The molecule has 132 valence electrons. The minimum atomic E-state index is -4.16. The number of halogens is 3. The Morgan fingerprint density at radius 2 is 2.09 bits per heavy atom. The van der Waals surface area contributed by atoms with Crippen molar-refractivity contribution in [2.75, 3.05) is 32.7 Å². The zero-order chi connectivity index (χ0) is 16.6. The average molecular weight is 334 g/mol. The number of carbonyl (C=O) groups excluding carboxylic acids is 1. The van der Waals surface area contributed by atoms with Gasteiger partial charge in [-0.15, -0.1) is 0 Å². The lowest BCUT2D eigenvalue weighted by molar-refractivity contribution is -0.147. The molecule has 3 heterocycles. The Labute approximate surface area is 134 Å². The first-order chi connectivity index (χ1) is 10.9. The SMILES string of the molecule is CCN(C[C@H]1CCN(C(=O)[C@@H]2C[C@H]3CC[C@H]2O3)C1)CC(F)(F)F. The van der Waals surface area contributed by atoms with Gasteiger partial charge in [0.25, 0.3) is 0 Å². The largest absolute Gasteiger partial charge is 0.401 e. The summed E-state index contributed by atoms with van der Waals surface area (Å²) < 4.78 is 43.4. The van der Waals surface area contributed by atoms with Gasteiger partial charge in [-0.1, -0.05) is 6.92 Å². The molecule has 0 aliphatic carbocycles. The minimum absolute atomic E-state index is 0.0232. The molecule has 23 heavy (non-hydrogen) atoms. The Kier molecular flexibility index (Phi) is 4.88. The van der Waals surface area contributed by atoms with E-state index < -0.39 is 12.7 Å².